The van der Waals surface area contributed by atoms with Crippen LogP contribution in [0.5, 0.6) is 0 Å². The van der Waals surface area contributed by atoms with Gasteiger partial charge in [-0.15, -0.1) is 0 Å². The SMILES string of the molecule is CC(=O)c1c(C)[nH]c(C(=O)[C@@H](C)OC(=O)[C@H](C)N2C(=O)[C@H]3CCCC[C@@H]3C2=O)c1C. The van der Waals surface area contributed by atoms with Gasteiger partial charge in [-0.1, -0.05) is 12.8 Å². The summed E-state index contributed by atoms with van der Waals surface area (Å²) in [5, 5.41) is 0. The predicted octanol–water partition coefficient (Wildman–Crippen LogP) is 2.51. The number of hydrogen-bond acceptors (Lipinski definition) is 6. The lowest BCUT2D eigenvalue weighted by atomic mass is 9.81. The minimum atomic E-state index is -1.13. The first-order valence-electron chi connectivity index (χ1n) is 10.4. The van der Waals surface area contributed by atoms with Crippen molar-refractivity contribution in [1.82, 2.24) is 9.88 Å². The molecule has 3 rings (SSSR count). The molecule has 2 fully saturated rings. The van der Waals surface area contributed by atoms with E-state index in [1.807, 2.05) is 0 Å². The molecule has 0 spiro atoms. The fourth-order valence-corrected chi connectivity index (χ4v) is 4.73. The highest BCUT2D eigenvalue weighted by Crippen LogP contribution is 2.39. The van der Waals surface area contributed by atoms with Gasteiger partial charge in [0.15, 0.2) is 11.9 Å². The predicted molar refractivity (Wildman–Crippen MR) is 107 cm³/mol. The molecule has 0 unspecified atom stereocenters. The van der Waals surface area contributed by atoms with Crippen LogP contribution in [0.25, 0.3) is 0 Å². The number of esters is 1. The van der Waals surface area contributed by atoms with Gasteiger partial charge in [0.1, 0.15) is 6.04 Å². The van der Waals surface area contributed by atoms with Crippen molar-refractivity contribution in [3.05, 3.63) is 22.5 Å². The van der Waals surface area contributed by atoms with Crippen LogP contribution in [0.4, 0.5) is 0 Å². The van der Waals surface area contributed by atoms with E-state index in [1.165, 1.54) is 20.8 Å². The van der Waals surface area contributed by atoms with Crippen LogP contribution in [-0.4, -0.2) is 51.4 Å². The van der Waals surface area contributed by atoms with E-state index in [2.05, 4.69) is 4.98 Å². The third kappa shape index (κ3) is 3.59. The lowest BCUT2D eigenvalue weighted by Crippen LogP contribution is -2.45. The van der Waals surface area contributed by atoms with Crippen LogP contribution in [0.1, 0.15) is 78.6 Å². The summed E-state index contributed by atoms with van der Waals surface area (Å²) in [7, 11) is 0. The maximum absolute atomic E-state index is 12.8. The van der Waals surface area contributed by atoms with Crippen LogP contribution in [-0.2, 0) is 19.1 Å². The van der Waals surface area contributed by atoms with Gasteiger partial charge in [-0.05, 0) is 53.0 Å². The molecule has 2 amide bonds. The Morgan fingerprint density at radius 2 is 1.57 bits per heavy atom. The highest BCUT2D eigenvalue weighted by atomic mass is 16.5. The summed E-state index contributed by atoms with van der Waals surface area (Å²) >= 11 is 0. The number of amides is 2. The first kappa shape index (κ1) is 21.9. The van der Waals surface area contributed by atoms with E-state index in [0.29, 0.717) is 29.7 Å². The van der Waals surface area contributed by atoms with Gasteiger partial charge in [0.2, 0.25) is 17.6 Å². The zero-order valence-electron chi connectivity index (χ0n) is 18.0. The fourth-order valence-electron chi connectivity index (χ4n) is 4.73. The smallest absolute Gasteiger partial charge is 0.329 e. The van der Waals surface area contributed by atoms with Crippen LogP contribution in [0, 0.1) is 25.7 Å². The van der Waals surface area contributed by atoms with Gasteiger partial charge in [-0.2, -0.15) is 0 Å². The van der Waals surface area contributed by atoms with Crippen molar-refractivity contribution in [3.8, 4) is 0 Å². The van der Waals surface area contributed by atoms with E-state index < -0.39 is 23.9 Å². The largest absolute Gasteiger partial charge is 0.453 e. The molecule has 1 saturated carbocycles. The van der Waals surface area contributed by atoms with Crippen molar-refractivity contribution in [2.24, 2.45) is 11.8 Å². The van der Waals surface area contributed by atoms with Crippen molar-refractivity contribution in [3.63, 3.8) is 0 Å². The summed E-state index contributed by atoms with van der Waals surface area (Å²) < 4.78 is 5.32. The Morgan fingerprint density at radius 3 is 2.03 bits per heavy atom. The highest BCUT2D eigenvalue weighted by Gasteiger charge is 2.51. The van der Waals surface area contributed by atoms with Crippen LogP contribution in [0.15, 0.2) is 0 Å². The summed E-state index contributed by atoms with van der Waals surface area (Å²) in [6.07, 6.45) is 1.98. The first-order chi connectivity index (χ1) is 14.1. The van der Waals surface area contributed by atoms with Crippen LogP contribution >= 0.6 is 0 Å². The molecule has 2 aliphatic rings. The van der Waals surface area contributed by atoms with Gasteiger partial charge in [0.25, 0.3) is 0 Å². The first-order valence-corrected chi connectivity index (χ1v) is 10.4. The number of aromatic nitrogens is 1. The zero-order valence-corrected chi connectivity index (χ0v) is 18.0. The Hall–Kier alpha value is -2.77. The van der Waals surface area contributed by atoms with E-state index in [-0.39, 0.29) is 35.1 Å². The average molecular weight is 416 g/mol. The zero-order chi connectivity index (χ0) is 22.3. The minimum absolute atomic E-state index is 0.161. The molecule has 162 valence electrons. The van der Waals surface area contributed by atoms with E-state index in [4.69, 9.17) is 4.74 Å². The number of H-pyrrole nitrogens is 1. The number of aromatic amines is 1. The van der Waals surface area contributed by atoms with Crippen LogP contribution < -0.4 is 0 Å². The second-order valence-electron chi connectivity index (χ2n) is 8.34. The summed E-state index contributed by atoms with van der Waals surface area (Å²) in [5.74, 6) is -2.79. The topological polar surface area (TPSA) is 114 Å². The number of aryl methyl sites for hydroxylation is 1. The van der Waals surface area contributed by atoms with E-state index in [9.17, 15) is 24.0 Å². The maximum Gasteiger partial charge on any atom is 0.329 e. The summed E-state index contributed by atoms with van der Waals surface area (Å²) in [6.45, 7) is 7.66. The molecule has 1 aliphatic carbocycles. The molecule has 1 N–H and O–H groups in total. The number of hydrogen-bond donors (Lipinski definition) is 1. The molecule has 0 aromatic carbocycles. The standard InChI is InChI=1S/C22H28N2O6/c1-10-17(13(4)25)11(2)23-18(10)19(26)14(5)30-22(29)12(3)24-20(27)15-8-6-7-9-16(15)21(24)28/h12,14-16,23H,6-9H2,1-5H3/t12-,14+,15-,16-/m0/s1. The van der Waals surface area contributed by atoms with Gasteiger partial charge in [-0.3, -0.25) is 24.1 Å². The van der Waals surface area contributed by atoms with Crippen LogP contribution in [0.3, 0.4) is 0 Å². The average Bonchev–Trinajstić information content (AvgIpc) is 3.13. The highest BCUT2D eigenvalue weighted by molar-refractivity contribution is 6.08. The van der Waals surface area contributed by atoms with Crippen molar-refractivity contribution < 1.29 is 28.7 Å². The number of carbonyl (C=O) groups excluding carboxylic acids is 5. The molecule has 4 atom stereocenters. The van der Waals surface area contributed by atoms with E-state index in [1.54, 1.807) is 13.8 Å². The van der Waals surface area contributed by atoms with Gasteiger partial charge < -0.3 is 9.72 Å². The Kier molecular flexibility index (Phi) is 5.97. The lowest BCUT2D eigenvalue weighted by Gasteiger charge is -2.23. The second-order valence-corrected chi connectivity index (χ2v) is 8.34. The number of Topliss-reactive ketones (excluding diaryl/α,β-unsaturated/α-hetero) is 2. The second kappa shape index (κ2) is 8.16. The number of rotatable bonds is 6. The molecule has 0 radical (unpaired) electrons. The Bertz CT molecular complexity index is 906. The molecular formula is C22H28N2O6. The van der Waals surface area contributed by atoms with Gasteiger partial charge in [0.05, 0.1) is 17.5 Å². The molecule has 30 heavy (non-hydrogen) atoms. The third-order valence-electron chi connectivity index (χ3n) is 6.30. The molecule has 1 aromatic heterocycles. The fraction of sp³-hybridized carbons (Fsp3) is 0.591. The van der Waals surface area contributed by atoms with Gasteiger partial charge in [-0.25, -0.2) is 4.79 Å². The summed E-state index contributed by atoms with van der Waals surface area (Å²) in [4.78, 5) is 66.5. The van der Waals surface area contributed by atoms with Crippen LogP contribution in [0.2, 0.25) is 0 Å². The Balaban J connectivity index is 1.72. The minimum Gasteiger partial charge on any atom is -0.453 e. The lowest BCUT2D eigenvalue weighted by molar-refractivity contribution is -0.159. The molecule has 1 saturated heterocycles. The summed E-state index contributed by atoms with van der Waals surface area (Å²) in [5.41, 5.74) is 1.74. The molecule has 8 heteroatoms. The summed E-state index contributed by atoms with van der Waals surface area (Å²) in [6, 6.07) is -1.09. The Morgan fingerprint density at radius 1 is 1.03 bits per heavy atom. The van der Waals surface area contributed by atoms with Crippen molar-refractivity contribution in [2.45, 2.75) is 72.4 Å². The number of carbonyl (C=O) groups is 5. The van der Waals surface area contributed by atoms with Gasteiger partial charge >= 0.3 is 5.97 Å². The molecule has 1 aliphatic heterocycles. The van der Waals surface area contributed by atoms with E-state index >= 15 is 0 Å². The van der Waals surface area contributed by atoms with Crippen molar-refractivity contribution in [2.75, 3.05) is 0 Å². The number of fused-ring (bicyclic) bond motifs is 1. The van der Waals surface area contributed by atoms with Crippen molar-refractivity contribution in [1.29, 1.82) is 0 Å². The normalized spacial score (nSPS) is 23.2. The van der Waals surface area contributed by atoms with E-state index in [0.717, 1.165) is 17.7 Å². The number of likely N-dealkylation sites (tertiary alicyclic amines) is 1. The number of nitrogens with one attached hydrogen (secondary N) is 1. The molecule has 2 heterocycles. The molecular weight excluding hydrogens is 388 g/mol. The number of imide groups is 1. The third-order valence-corrected chi connectivity index (χ3v) is 6.30. The quantitative estimate of drug-likeness (QED) is 0.433. The van der Waals surface area contributed by atoms with Gasteiger partial charge in [0, 0.05) is 11.3 Å². The number of ether oxygens (including phenoxy) is 1. The molecule has 1 aromatic rings. The number of nitrogens with zero attached hydrogens (tertiary/aromatic N) is 1. The Labute approximate surface area is 175 Å². The van der Waals surface area contributed by atoms with Crippen molar-refractivity contribution >= 4 is 29.4 Å². The maximum atomic E-state index is 12.8. The molecule has 0 bridgehead atoms. The number of ketones is 2. The monoisotopic (exact) mass is 416 g/mol. The molecule has 8 nitrogen and oxygen atoms in total.